The highest BCUT2D eigenvalue weighted by Gasteiger charge is 2.24. The van der Waals surface area contributed by atoms with Crippen LogP contribution in [0.2, 0.25) is 0 Å². The third-order valence-electron chi connectivity index (χ3n) is 3.67. The number of nitrogens with two attached hydrogens (primary N) is 1. The molecule has 0 amide bonds. The minimum Gasteiger partial charge on any atom is -0.464 e. The molecule has 0 fully saturated rings. The van der Waals surface area contributed by atoms with Crippen molar-refractivity contribution in [3.05, 3.63) is 36.1 Å². The molecule has 0 aliphatic heterocycles. The molecule has 0 radical (unpaired) electrons. The highest BCUT2D eigenvalue weighted by atomic mass is 16.3. The number of hydrogen-bond donors (Lipinski definition) is 2. The summed E-state index contributed by atoms with van der Waals surface area (Å²) in [5, 5.41) is 4.72. The zero-order chi connectivity index (χ0) is 13.9. The van der Waals surface area contributed by atoms with Crippen LogP contribution in [-0.4, -0.2) is 19.6 Å². The van der Waals surface area contributed by atoms with Crippen molar-refractivity contribution in [2.24, 2.45) is 11.7 Å². The number of benzene rings is 1. The molecule has 1 atom stereocenters. The van der Waals surface area contributed by atoms with E-state index in [-0.39, 0.29) is 5.41 Å². The molecule has 19 heavy (non-hydrogen) atoms. The van der Waals surface area contributed by atoms with E-state index in [0.29, 0.717) is 5.92 Å². The summed E-state index contributed by atoms with van der Waals surface area (Å²) in [5.41, 5.74) is 7.90. The lowest BCUT2D eigenvalue weighted by Crippen LogP contribution is -2.36. The number of rotatable bonds is 6. The summed E-state index contributed by atoms with van der Waals surface area (Å²) < 4.78 is 5.64. The Morgan fingerprint density at radius 2 is 2.05 bits per heavy atom. The van der Waals surface area contributed by atoms with E-state index in [0.717, 1.165) is 25.2 Å². The minimum absolute atomic E-state index is 0.0426. The molecule has 0 spiro atoms. The van der Waals surface area contributed by atoms with Gasteiger partial charge in [-0.3, -0.25) is 0 Å². The van der Waals surface area contributed by atoms with Crippen molar-refractivity contribution in [3.63, 3.8) is 0 Å². The van der Waals surface area contributed by atoms with Crippen LogP contribution >= 0.6 is 0 Å². The van der Waals surface area contributed by atoms with E-state index < -0.39 is 0 Å². The molecule has 2 aromatic rings. The van der Waals surface area contributed by atoms with Crippen molar-refractivity contribution in [2.45, 2.75) is 26.2 Å². The summed E-state index contributed by atoms with van der Waals surface area (Å²) >= 11 is 0. The van der Waals surface area contributed by atoms with E-state index in [1.165, 1.54) is 10.9 Å². The van der Waals surface area contributed by atoms with Crippen LogP contribution in [0.15, 0.2) is 34.9 Å². The van der Waals surface area contributed by atoms with Crippen molar-refractivity contribution in [3.8, 4) is 0 Å². The second kappa shape index (κ2) is 5.76. The molecular weight excluding hydrogens is 236 g/mol. The van der Waals surface area contributed by atoms with Crippen LogP contribution in [0.4, 0.5) is 0 Å². The Bertz CT molecular complexity index is 530. The summed E-state index contributed by atoms with van der Waals surface area (Å²) in [5.74, 6) is 0.511. The maximum absolute atomic E-state index is 5.64. The Hall–Kier alpha value is -1.32. The molecule has 0 saturated carbocycles. The maximum Gasteiger partial charge on any atom is 0.134 e. The molecule has 104 valence electrons. The van der Waals surface area contributed by atoms with E-state index in [1.54, 1.807) is 0 Å². The first-order valence-corrected chi connectivity index (χ1v) is 6.92. The van der Waals surface area contributed by atoms with Gasteiger partial charge in [-0.1, -0.05) is 39.0 Å². The molecule has 1 unspecified atom stereocenters. The Balaban J connectivity index is 2.10. The molecule has 2 rings (SSSR count). The van der Waals surface area contributed by atoms with E-state index in [4.69, 9.17) is 10.2 Å². The van der Waals surface area contributed by atoms with Gasteiger partial charge < -0.3 is 15.5 Å². The van der Waals surface area contributed by atoms with Gasteiger partial charge in [0.05, 0.1) is 6.26 Å². The molecule has 1 heterocycles. The van der Waals surface area contributed by atoms with Crippen molar-refractivity contribution >= 4 is 11.0 Å². The Morgan fingerprint density at radius 3 is 2.79 bits per heavy atom. The van der Waals surface area contributed by atoms with Crippen LogP contribution in [0.1, 0.15) is 26.3 Å². The van der Waals surface area contributed by atoms with Gasteiger partial charge in [-0.05, 0) is 25.1 Å². The van der Waals surface area contributed by atoms with Crippen molar-refractivity contribution in [2.75, 3.05) is 19.6 Å². The standard InChI is InChI=1S/C16H24N2O/c1-12(8-17)9-18-11-16(2,3)14-10-19-15-7-5-4-6-13(14)15/h4-7,10,12,18H,8-9,11,17H2,1-3H3. The van der Waals surface area contributed by atoms with Gasteiger partial charge in [-0.15, -0.1) is 0 Å². The van der Waals surface area contributed by atoms with E-state index >= 15 is 0 Å². The lowest BCUT2D eigenvalue weighted by Gasteiger charge is -2.25. The summed E-state index contributed by atoms with van der Waals surface area (Å²) in [6.07, 6.45) is 1.89. The molecule has 0 aliphatic carbocycles. The summed E-state index contributed by atoms with van der Waals surface area (Å²) in [6.45, 7) is 9.24. The number of fused-ring (bicyclic) bond motifs is 1. The normalized spacial score (nSPS) is 13.9. The molecule has 3 N–H and O–H groups in total. The molecule has 0 bridgehead atoms. The third kappa shape index (κ3) is 3.17. The van der Waals surface area contributed by atoms with E-state index in [1.807, 2.05) is 18.4 Å². The molecule has 3 nitrogen and oxygen atoms in total. The Labute approximate surface area is 115 Å². The summed E-state index contributed by atoms with van der Waals surface area (Å²) in [6, 6.07) is 8.20. The quantitative estimate of drug-likeness (QED) is 0.839. The van der Waals surface area contributed by atoms with Gasteiger partial charge in [-0.2, -0.15) is 0 Å². The molecule has 0 aliphatic rings. The predicted molar refractivity (Wildman–Crippen MR) is 80.3 cm³/mol. The predicted octanol–water partition coefficient (Wildman–Crippen LogP) is 2.89. The lowest BCUT2D eigenvalue weighted by molar-refractivity contribution is 0.432. The molecule has 0 saturated heterocycles. The number of nitrogens with one attached hydrogen (secondary N) is 1. The van der Waals surface area contributed by atoms with Crippen LogP contribution in [-0.2, 0) is 5.41 Å². The van der Waals surface area contributed by atoms with Gasteiger partial charge >= 0.3 is 0 Å². The van der Waals surface area contributed by atoms with Crippen molar-refractivity contribution in [1.82, 2.24) is 5.32 Å². The second-order valence-corrected chi connectivity index (χ2v) is 6.00. The van der Waals surface area contributed by atoms with Gasteiger partial charge in [0.2, 0.25) is 0 Å². The summed E-state index contributed by atoms with van der Waals surface area (Å²) in [7, 11) is 0. The highest BCUT2D eigenvalue weighted by Crippen LogP contribution is 2.31. The highest BCUT2D eigenvalue weighted by molar-refractivity contribution is 5.82. The van der Waals surface area contributed by atoms with Crippen LogP contribution in [0.3, 0.4) is 0 Å². The van der Waals surface area contributed by atoms with Crippen LogP contribution in [0.25, 0.3) is 11.0 Å². The number of hydrogen-bond acceptors (Lipinski definition) is 3. The fourth-order valence-corrected chi connectivity index (χ4v) is 2.31. The topological polar surface area (TPSA) is 51.2 Å². The fourth-order valence-electron chi connectivity index (χ4n) is 2.31. The van der Waals surface area contributed by atoms with Gasteiger partial charge in [0, 0.05) is 22.9 Å². The summed E-state index contributed by atoms with van der Waals surface area (Å²) in [4.78, 5) is 0. The van der Waals surface area contributed by atoms with Gasteiger partial charge in [0.25, 0.3) is 0 Å². The number of para-hydroxylation sites is 1. The van der Waals surface area contributed by atoms with Gasteiger partial charge in [0.1, 0.15) is 5.58 Å². The first-order valence-electron chi connectivity index (χ1n) is 6.92. The average Bonchev–Trinajstić information content (AvgIpc) is 2.82. The smallest absolute Gasteiger partial charge is 0.134 e. The van der Waals surface area contributed by atoms with Gasteiger partial charge in [0.15, 0.2) is 0 Å². The zero-order valence-electron chi connectivity index (χ0n) is 12.1. The second-order valence-electron chi connectivity index (χ2n) is 6.00. The first-order chi connectivity index (χ1) is 9.04. The van der Waals surface area contributed by atoms with Crippen molar-refractivity contribution in [1.29, 1.82) is 0 Å². The lowest BCUT2D eigenvalue weighted by atomic mass is 9.84. The zero-order valence-corrected chi connectivity index (χ0v) is 12.1. The average molecular weight is 260 g/mol. The van der Waals surface area contributed by atoms with Crippen LogP contribution in [0, 0.1) is 5.92 Å². The fraction of sp³-hybridized carbons (Fsp3) is 0.500. The molecule has 1 aromatic carbocycles. The maximum atomic E-state index is 5.64. The van der Waals surface area contributed by atoms with E-state index in [9.17, 15) is 0 Å². The third-order valence-corrected chi connectivity index (χ3v) is 3.67. The van der Waals surface area contributed by atoms with Gasteiger partial charge in [-0.25, -0.2) is 0 Å². The SMILES string of the molecule is CC(CN)CNCC(C)(C)c1coc2ccccc12. The molecule has 3 heteroatoms. The van der Waals surface area contributed by atoms with Crippen LogP contribution in [0.5, 0.6) is 0 Å². The van der Waals surface area contributed by atoms with E-state index in [2.05, 4.69) is 38.2 Å². The molecular formula is C16H24N2O. The Kier molecular flexibility index (Phi) is 4.27. The largest absolute Gasteiger partial charge is 0.464 e. The first kappa shape index (κ1) is 14.1. The van der Waals surface area contributed by atoms with Crippen LogP contribution < -0.4 is 11.1 Å². The van der Waals surface area contributed by atoms with Crippen molar-refractivity contribution < 1.29 is 4.42 Å². The number of furan rings is 1. The monoisotopic (exact) mass is 260 g/mol. The molecule has 1 aromatic heterocycles. The Morgan fingerprint density at radius 1 is 1.32 bits per heavy atom. The minimum atomic E-state index is 0.0426.